The summed E-state index contributed by atoms with van der Waals surface area (Å²) < 4.78 is 0. The zero-order valence-corrected chi connectivity index (χ0v) is 7.86. The van der Waals surface area contributed by atoms with E-state index in [4.69, 9.17) is 23.2 Å². The lowest BCUT2D eigenvalue weighted by atomic mass is 10.3. The molecule has 12 heavy (non-hydrogen) atoms. The number of aromatic nitrogens is 1. The molecule has 3 heteroatoms. The Morgan fingerprint density at radius 1 is 1.42 bits per heavy atom. The molecule has 62 valence electrons. The summed E-state index contributed by atoms with van der Waals surface area (Å²) in [6.45, 7) is 0. The highest BCUT2D eigenvalue weighted by Crippen LogP contribution is 2.04. The van der Waals surface area contributed by atoms with Gasteiger partial charge in [0.1, 0.15) is 5.69 Å². The van der Waals surface area contributed by atoms with E-state index in [1.807, 2.05) is 0 Å². The largest absolute Gasteiger partial charge is 0.246 e. The molecular weight excluding hydrogens is 193 g/mol. The van der Waals surface area contributed by atoms with Crippen molar-refractivity contribution in [2.24, 2.45) is 0 Å². The van der Waals surface area contributed by atoms with E-state index < -0.39 is 0 Å². The van der Waals surface area contributed by atoms with Crippen LogP contribution in [0.4, 0.5) is 0 Å². The van der Waals surface area contributed by atoms with E-state index in [-0.39, 0.29) is 0 Å². The molecule has 1 aromatic rings. The Hall–Kier alpha value is -0.710. The SMILES string of the molecule is ClCCC#Cc1ccc(Cl)cn1. The van der Waals surface area contributed by atoms with Crippen molar-refractivity contribution in [3.63, 3.8) is 0 Å². The molecule has 0 aliphatic heterocycles. The molecule has 0 aliphatic carbocycles. The first-order chi connectivity index (χ1) is 5.83. The monoisotopic (exact) mass is 199 g/mol. The third kappa shape index (κ3) is 3.13. The Bertz CT molecular complexity index is 295. The average Bonchev–Trinajstić information content (AvgIpc) is 2.09. The molecule has 0 radical (unpaired) electrons. The van der Waals surface area contributed by atoms with Crippen LogP contribution in [-0.2, 0) is 0 Å². The Morgan fingerprint density at radius 2 is 2.25 bits per heavy atom. The van der Waals surface area contributed by atoms with Gasteiger partial charge in [-0.25, -0.2) is 4.98 Å². The van der Waals surface area contributed by atoms with Gasteiger partial charge >= 0.3 is 0 Å². The minimum absolute atomic E-state index is 0.556. The number of hydrogen-bond donors (Lipinski definition) is 0. The first kappa shape index (κ1) is 9.38. The van der Waals surface area contributed by atoms with Crippen molar-refractivity contribution in [3.8, 4) is 11.8 Å². The zero-order chi connectivity index (χ0) is 8.81. The molecule has 0 fully saturated rings. The van der Waals surface area contributed by atoms with Gasteiger partial charge in [0.15, 0.2) is 0 Å². The van der Waals surface area contributed by atoms with Crippen molar-refractivity contribution in [1.82, 2.24) is 4.98 Å². The fourth-order valence-corrected chi connectivity index (χ4v) is 0.856. The van der Waals surface area contributed by atoms with Crippen LogP contribution in [0.1, 0.15) is 12.1 Å². The van der Waals surface area contributed by atoms with Crippen molar-refractivity contribution >= 4 is 23.2 Å². The van der Waals surface area contributed by atoms with Crippen LogP contribution >= 0.6 is 23.2 Å². The Balaban J connectivity index is 2.66. The maximum atomic E-state index is 5.64. The summed E-state index contributed by atoms with van der Waals surface area (Å²) in [6.07, 6.45) is 2.26. The lowest BCUT2D eigenvalue weighted by Gasteiger charge is -1.88. The first-order valence-corrected chi connectivity index (χ1v) is 4.40. The van der Waals surface area contributed by atoms with Gasteiger partial charge < -0.3 is 0 Å². The summed E-state index contributed by atoms with van der Waals surface area (Å²) in [4.78, 5) is 4.00. The number of nitrogens with zero attached hydrogens (tertiary/aromatic N) is 1. The van der Waals surface area contributed by atoms with Gasteiger partial charge in [0.2, 0.25) is 0 Å². The number of hydrogen-bond acceptors (Lipinski definition) is 1. The quantitative estimate of drug-likeness (QED) is 0.501. The van der Waals surface area contributed by atoms with Crippen molar-refractivity contribution in [2.75, 3.05) is 5.88 Å². The third-order valence-electron chi connectivity index (χ3n) is 1.16. The van der Waals surface area contributed by atoms with Gasteiger partial charge in [-0.2, -0.15) is 0 Å². The molecule has 1 rings (SSSR count). The second-order valence-electron chi connectivity index (χ2n) is 2.10. The number of pyridine rings is 1. The lowest BCUT2D eigenvalue weighted by molar-refractivity contribution is 1.26. The predicted octanol–water partition coefficient (Wildman–Crippen LogP) is 2.72. The Kier molecular flexibility index (Phi) is 3.93. The summed E-state index contributed by atoms with van der Waals surface area (Å²) in [5.41, 5.74) is 0.726. The van der Waals surface area contributed by atoms with Gasteiger partial charge in [0.25, 0.3) is 0 Å². The first-order valence-electron chi connectivity index (χ1n) is 3.49. The standard InChI is InChI=1S/C9H7Cl2N/c10-6-2-1-3-9-5-4-8(11)7-12-9/h4-5,7H,2,6H2. The molecule has 1 aromatic heterocycles. The van der Waals surface area contributed by atoms with E-state index in [9.17, 15) is 0 Å². The van der Waals surface area contributed by atoms with Crippen LogP contribution in [-0.4, -0.2) is 10.9 Å². The van der Waals surface area contributed by atoms with E-state index in [1.165, 1.54) is 0 Å². The van der Waals surface area contributed by atoms with Crippen LogP contribution < -0.4 is 0 Å². The van der Waals surface area contributed by atoms with Crippen molar-refractivity contribution in [1.29, 1.82) is 0 Å². The molecule has 0 amide bonds. The zero-order valence-electron chi connectivity index (χ0n) is 6.35. The number of rotatable bonds is 1. The second kappa shape index (κ2) is 5.03. The molecule has 0 N–H and O–H groups in total. The van der Waals surface area contributed by atoms with Gasteiger partial charge in [-0.15, -0.1) is 11.6 Å². The number of alkyl halides is 1. The van der Waals surface area contributed by atoms with E-state index >= 15 is 0 Å². The average molecular weight is 200 g/mol. The topological polar surface area (TPSA) is 12.9 Å². The van der Waals surface area contributed by atoms with Gasteiger partial charge in [0.05, 0.1) is 5.02 Å². The summed E-state index contributed by atoms with van der Waals surface area (Å²) in [6, 6.07) is 3.54. The molecular formula is C9H7Cl2N. The van der Waals surface area contributed by atoms with Crippen LogP contribution in [0.5, 0.6) is 0 Å². The fraction of sp³-hybridized carbons (Fsp3) is 0.222. The summed E-state index contributed by atoms with van der Waals surface area (Å²) in [5, 5.41) is 0.623. The van der Waals surface area contributed by atoms with Gasteiger partial charge in [-0.1, -0.05) is 17.5 Å². The maximum absolute atomic E-state index is 5.64. The summed E-state index contributed by atoms with van der Waals surface area (Å²) >= 11 is 11.1. The molecule has 0 saturated heterocycles. The van der Waals surface area contributed by atoms with Crippen LogP contribution in [0.15, 0.2) is 18.3 Å². The third-order valence-corrected chi connectivity index (χ3v) is 1.58. The summed E-state index contributed by atoms with van der Waals surface area (Å²) in [5.74, 6) is 6.31. The summed E-state index contributed by atoms with van der Waals surface area (Å²) in [7, 11) is 0. The molecule has 0 spiro atoms. The number of halogens is 2. The smallest absolute Gasteiger partial charge is 0.113 e. The van der Waals surface area contributed by atoms with E-state index in [0.29, 0.717) is 17.3 Å². The minimum atomic E-state index is 0.556. The molecule has 0 bridgehead atoms. The molecule has 0 saturated carbocycles. The molecule has 1 heterocycles. The van der Waals surface area contributed by atoms with E-state index in [0.717, 1.165) is 5.69 Å². The predicted molar refractivity (Wildman–Crippen MR) is 51.5 cm³/mol. The van der Waals surface area contributed by atoms with E-state index in [2.05, 4.69) is 16.8 Å². The van der Waals surface area contributed by atoms with Gasteiger partial charge in [0, 0.05) is 18.5 Å². The van der Waals surface area contributed by atoms with Crippen LogP contribution in [0.3, 0.4) is 0 Å². The molecule has 0 aromatic carbocycles. The highest BCUT2D eigenvalue weighted by atomic mass is 35.5. The van der Waals surface area contributed by atoms with Crippen LogP contribution in [0.2, 0.25) is 5.02 Å². The molecule has 0 unspecified atom stereocenters. The molecule has 0 atom stereocenters. The van der Waals surface area contributed by atoms with Crippen LogP contribution in [0.25, 0.3) is 0 Å². The van der Waals surface area contributed by atoms with Crippen molar-refractivity contribution < 1.29 is 0 Å². The fourth-order valence-electron chi connectivity index (χ4n) is 0.650. The lowest BCUT2D eigenvalue weighted by Crippen LogP contribution is -1.79. The maximum Gasteiger partial charge on any atom is 0.113 e. The van der Waals surface area contributed by atoms with Crippen molar-refractivity contribution in [3.05, 3.63) is 29.0 Å². The highest BCUT2D eigenvalue weighted by Gasteiger charge is 1.87. The second-order valence-corrected chi connectivity index (χ2v) is 2.92. The highest BCUT2D eigenvalue weighted by molar-refractivity contribution is 6.30. The molecule has 0 aliphatic rings. The van der Waals surface area contributed by atoms with Crippen molar-refractivity contribution in [2.45, 2.75) is 6.42 Å². The van der Waals surface area contributed by atoms with Crippen LogP contribution in [0, 0.1) is 11.8 Å². The van der Waals surface area contributed by atoms with E-state index in [1.54, 1.807) is 18.3 Å². The van der Waals surface area contributed by atoms with Gasteiger partial charge in [-0.05, 0) is 18.1 Å². The Labute approximate surface area is 81.7 Å². The normalized spacial score (nSPS) is 8.83. The Morgan fingerprint density at radius 3 is 2.83 bits per heavy atom. The van der Waals surface area contributed by atoms with Gasteiger partial charge in [-0.3, -0.25) is 0 Å². The molecule has 1 nitrogen and oxygen atoms in total. The minimum Gasteiger partial charge on any atom is -0.246 e.